The summed E-state index contributed by atoms with van der Waals surface area (Å²) in [6.07, 6.45) is -2.60. The SMILES string of the molecule is CC(C#N)Cn1nc(C(F)(F)F)cc1C1CC1. The number of halogens is 3. The number of hydrogen-bond acceptors (Lipinski definition) is 2. The molecule has 0 spiro atoms. The van der Waals surface area contributed by atoms with Gasteiger partial charge in [-0.2, -0.15) is 23.5 Å². The molecular weight excluding hydrogens is 231 g/mol. The fourth-order valence-corrected chi connectivity index (χ4v) is 1.72. The average Bonchev–Trinajstić information content (AvgIpc) is 2.99. The molecule has 1 saturated carbocycles. The van der Waals surface area contributed by atoms with Crippen LogP contribution >= 0.6 is 0 Å². The topological polar surface area (TPSA) is 41.6 Å². The summed E-state index contributed by atoms with van der Waals surface area (Å²) in [6.45, 7) is 1.89. The molecule has 0 radical (unpaired) electrons. The van der Waals surface area contributed by atoms with Gasteiger partial charge in [-0.05, 0) is 25.8 Å². The molecule has 1 aliphatic rings. The van der Waals surface area contributed by atoms with Crippen molar-refractivity contribution in [1.29, 1.82) is 5.26 Å². The van der Waals surface area contributed by atoms with Crippen LogP contribution in [0.3, 0.4) is 0 Å². The highest BCUT2D eigenvalue weighted by molar-refractivity contribution is 5.21. The molecule has 0 aliphatic heterocycles. The molecule has 2 rings (SSSR count). The van der Waals surface area contributed by atoms with Crippen LogP contribution in [0, 0.1) is 17.2 Å². The van der Waals surface area contributed by atoms with E-state index >= 15 is 0 Å². The van der Waals surface area contributed by atoms with E-state index in [2.05, 4.69) is 5.10 Å². The standard InChI is InChI=1S/C11H12F3N3/c1-7(5-15)6-17-9(8-2-3-8)4-10(16-17)11(12,13)14/h4,7-8H,2-3,6H2,1H3. The Kier molecular flexibility index (Phi) is 2.86. The maximum Gasteiger partial charge on any atom is 0.435 e. The first-order chi connectivity index (χ1) is 7.91. The number of hydrogen-bond donors (Lipinski definition) is 0. The minimum absolute atomic E-state index is 0.185. The van der Waals surface area contributed by atoms with Gasteiger partial charge in [-0.1, -0.05) is 0 Å². The Labute approximate surface area is 96.8 Å². The first kappa shape index (κ1) is 12.0. The molecule has 1 aromatic rings. The molecule has 92 valence electrons. The lowest BCUT2D eigenvalue weighted by atomic mass is 10.2. The Hall–Kier alpha value is -1.51. The minimum Gasteiger partial charge on any atom is -0.267 e. The van der Waals surface area contributed by atoms with E-state index in [0.717, 1.165) is 18.9 Å². The van der Waals surface area contributed by atoms with E-state index in [1.54, 1.807) is 6.92 Å². The molecule has 1 unspecified atom stereocenters. The van der Waals surface area contributed by atoms with E-state index in [0.29, 0.717) is 5.69 Å². The molecule has 0 bridgehead atoms. The van der Waals surface area contributed by atoms with Crippen LogP contribution in [0.5, 0.6) is 0 Å². The molecule has 3 nitrogen and oxygen atoms in total. The molecule has 1 aromatic heterocycles. The lowest BCUT2D eigenvalue weighted by Crippen LogP contribution is -2.12. The van der Waals surface area contributed by atoms with E-state index in [4.69, 9.17) is 5.26 Å². The third-order valence-electron chi connectivity index (χ3n) is 2.76. The normalized spacial score (nSPS) is 17.8. The van der Waals surface area contributed by atoms with E-state index in [1.165, 1.54) is 4.68 Å². The zero-order valence-electron chi connectivity index (χ0n) is 9.33. The number of nitriles is 1. The summed E-state index contributed by atoms with van der Waals surface area (Å²) in [5.41, 5.74) is -0.246. The van der Waals surface area contributed by atoms with E-state index < -0.39 is 11.9 Å². The van der Waals surface area contributed by atoms with Gasteiger partial charge in [0.05, 0.1) is 18.5 Å². The van der Waals surface area contributed by atoms with Gasteiger partial charge in [-0.3, -0.25) is 4.68 Å². The van der Waals surface area contributed by atoms with Crippen molar-refractivity contribution in [1.82, 2.24) is 9.78 Å². The van der Waals surface area contributed by atoms with Crippen LogP contribution in [-0.4, -0.2) is 9.78 Å². The first-order valence-corrected chi connectivity index (χ1v) is 5.46. The van der Waals surface area contributed by atoms with Gasteiger partial charge in [-0.15, -0.1) is 0 Å². The maximum atomic E-state index is 12.5. The summed E-state index contributed by atoms with van der Waals surface area (Å²) >= 11 is 0. The van der Waals surface area contributed by atoms with Crippen LogP contribution in [-0.2, 0) is 12.7 Å². The second-order valence-electron chi connectivity index (χ2n) is 4.44. The quantitative estimate of drug-likeness (QED) is 0.819. The van der Waals surface area contributed by atoms with E-state index in [1.807, 2.05) is 6.07 Å². The zero-order chi connectivity index (χ0) is 12.6. The van der Waals surface area contributed by atoms with Crippen LogP contribution < -0.4 is 0 Å². The van der Waals surface area contributed by atoms with Gasteiger partial charge >= 0.3 is 6.18 Å². The molecule has 0 N–H and O–H groups in total. The molecule has 1 heterocycles. The first-order valence-electron chi connectivity index (χ1n) is 5.46. The monoisotopic (exact) mass is 243 g/mol. The molecule has 1 fully saturated rings. The van der Waals surface area contributed by atoms with Crippen molar-refractivity contribution in [2.75, 3.05) is 0 Å². The van der Waals surface area contributed by atoms with Crippen molar-refractivity contribution in [3.05, 3.63) is 17.5 Å². The van der Waals surface area contributed by atoms with Crippen LogP contribution in [0.25, 0.3) is 0 Å². The Morgan fingerprint density at radius 3 is 2.71 bits per heavy atom. The van der Waals surface area contributed by atoms with Gasteiger partial charge < -0.3 is 0 Å². The van der Waals surface area contributed by atoms with Crippen molar-refractivity contribution >= 4 is 0 Å². The van der Waals surface area contributed by atoms with Crippen molar-refractivity contribution in [3.63, 3.8) is 0 Å². The van der Waals surface area contributed by atoms with E-state index in [-0.39, 0.29) is 18.4 Å². The molecule has 1 atom stereocenters. The fourth-order valence-electron chi connectivity index (χ4n) is 1.72. The predicted octanol–water partition coefficient (Wildman–Crippen LogP) is 2.94. The molecule has 1 aliphatic carbocycles. The molecule has 0 amide bonds. The van der Waals surface area contributed by atoms with Crippen LogP contribution in [0.2, 0.25) is 0 Å². The summed E-state index contributed by atoms with van der Waals surface area (Å²) < 4.78 is 39.0. The highest BCUT2D eigenvalue weighted by Crippen LogP contribution is 2.42. The predicted molar refractivity (Wildman–Crippen MR) is 54.0 cm³/mol. The second kappa shape index (κ2) is 4.06. The third kappa shape index (κ3) is 2.60. The number of alkyl halides is 3. The number of rotatable bonds is 3. The summed E-state index contributed by atoms with van der Waals surface area (Å²) in [4.78, 5) is 0. The van der Waals surface area contributed by atoms with Crippen molar-refractivity contribution < 1.29 is 13.2 Å². The van der Waals surface area contributed by atoms with Gasteiger partial charge in [0.25, 0.3) is 0 Å². The third-order valence-corrected chi connectivity index (χ3v) is 2.76. The Morgan fingerprint density at radius 1 is 1.59 bits per heavy atom. The molecule has 0 saturated heterocycles. The van der Waals surface area contributed by atoms with E-state index in [9.17, 15) is 13.2 Å². The lowest BCUT2D eigenvalue weighted by molar-refractivity contribution is -0.141. The minimum atomic E-state index is -4.41. The van der Waals surface area contributed by atoms with Gasteiger partial charge in [-0.25, -0.2) is 0 Å². The summed E-state index contributed by atoms with van der Waals surface area (Å²) in [5.74, 6) is -0.155. The average molecular weight is 243 g/mol. The fraction of sp³-hybridized carbons (Fsp3) is 0.636. The van der Waals surface area contributed by atoms with Crippen molar-refractivity contribution in [3.8, 4) is 6.07 Å². The lowest BCUT2D eigenvalue weighted by Gasteiger charge is -2.07. The number of nitrogens with zero attached hydrogens (tertiary/aromatic N) is 3. The Balaban J connectivity index is 2.29. The van der Waals surface area contributed by atoms with Crippen LogP contribution in [0.15, 0.2) is 6.07 Å². The van der Waals surface area contributed by atoms with Crippen molar-refractivity contribution in [2.45, 2.75) is 38.4 Å². The zero-order valence-corrected chi connectivity index (χ0v) is 9.33. The molecule has 17 heavy (non-hydrogen) atoms. The molecular formula is C11H12F3N3. The van der Waals surface area contributed by atoms with Gasteiger partial charge in [0.2, 0.25) is 0 Å². The number of aromatic nitrogens is 2. The van der Waals surface area contributed by atoms with Crippen LogP contribution in [0.4, 0.5) is 13.2 Å². The Bertz CT molecular complexity index is 452. The van der Waals surface area contributed by atoms with Gasteiger partial charge in [0, 0.05) is 11.6 Å². The van der Waals surface area contributed by atoms with Gasteiger partial charge in [0.15, 0.2) is 5.69 Å². The molecule has 0 aromatic carbocycles. The highest BCUT2D eigenvalue weighted by Gasteiger charge is 2.37. The summed E-state index contributed by atoms with van der Waals surface area (Å²) in [6, 6.07) is 3.12. The summed E-state index contributed by atoms with van der Waals surface area (Å²) in [7, 11) is 0. The second-order valence-corrected chi connectivity index (χ2v) is 4.44. The Morgan fingerprint density at radius 2 is 2.24 bits per heavy atom. The molecule has 6 heteroatoms. The van der Waals surface area contributed by atoms with Gasteiger partial charge in [0.1, 0.15) is 0 Å². The summed E-state index contributed by atoms with van der Waals surface area (Å²) in [5, 5.41) is 12.3. The maximum absolute atomic E-state index is 12.5. The largest absolute Gasteiger partial charge is 0.435 e. The van der Waals surface area contributed by atoms with Crippen molar-refractivity contribution in [2.24, 2.45) is 5.92 Å². The van der Waals surface area contributed by atoms with Crippen LogP contribution in [0.1, 0.15) is 37.1 Å². The highest BCUT2D eigenvalue weighted by atomic mass is 19.4. The smallest absolute Gasteiger partial charge is 0.267 e.